The fraction of sp³-hybridized carbons (Fsp3) is 1.00. The normalized spacial score (nSPS) is 28.5. The summed E-state index contributed by atoms with van der Waals surface area (Å²) in [7, 11) is 0. The highest BCUT2D eigenvalue weighted by molar-refractivity contribution is 7.99. The van der Waals surface area contributed by atoms with E-state index in [0.717, 1.165) is 24.0 Å². The maximum Gasteiger partial charge on any atom is 0.0438 e. The number of aliphatic hydroxyl groups is 1. The van der Waals surface area contributed by atoms with Crippen LogP contribution in [-0.4, -0.2) is 35.3 Å². The lowest BCUT2D eigenvalue weighted by atomic mass is 9.87. The summed E-state index contributed by atoms with van der Waals surface area (Å²) in [5.74, 6) is 1.10. The molecule has 0 aromatic rings. The molecule has 96 valence electrons. The Kier molecular flexibility index (Phi) is 6.16. The molecule has 2 N–H and O–H groups in total. The van der Waals surface area contributed by atoms with Gasteiger partial charge in [-0.2, -0.15) is 11.8 Å². The van der Waals surface area contributed by atoms with Crippen molar-refractivity contribution >= 4 is 11.8 Å². The molecule has 1 saturated carbocycles. The Balaban J connectivity index is 2.42. The summed E-state index contributed by atoms with van der Waals surface area (Å²) in [5, 5.41) is 13.3. The van der Waals surface area contributed by atoms with Crippen LogP contribution in [0, 0.1) is 5.41 Å². The first-order valence-electron chi connectivity index (χ1n) is 6.57. The molecule has 1 aliphatic rings. The minimum atomic E-state index is 0.330. The molecule has 0 bridgehead atoms. The van der Waals surface area contributed by atoms with E-state index >= 15 is 0 Å². The van der Waals surface area contributed by atoms with Crippen molar-refractivity contribution in [3.8, 4) is 0 Å². The molecule has 0 aromatic carbocycles. The van der Waals surface area contributed by atoms with Gasteiger partial charge in [0.15, 0.2) is 0 Å². The van der Waals surface area contributed by atoms with E-state index in [1.807, 2.05) is 11.8 Å². The second kappa shape index (κ2) is 6.87. The van der Waals surface area contributed by atoms with Crippen molar-refractivity contribution < 1.29 is 5.11 Å². The molecule has 0 radical (unpaired) electrons. The van der Waals surface area contributed by atoms with E-state index in [1.54, 1.807) is 0 Å². The Hall–Kier alpha value is 0.270. The van der Waals surface area contributed by atoms with Crippen LogP contribution in [0.15, 0.2) is 0 Å². The van der Waals surface area contributed by atoms with E-state index in [9.17, 15) is 0 Å². The summed E-state index contributed by atoms with van der Waals surface area (Å²) in [5.41, 5.74) is 0.437. The third-order valence-electron chi connectivity index (χ3n) is 3.54. The zero-order valence-corrected chi connectivity index (χ0v) is 11.8. The first-order chi connectivity index (χ1) is 7.61. The van der Waals surface area contributed by atoms with Crippen molar-refractivity contribution in [1.82, 2.24) is 5.32 Å². The fourth-order valence-corrected chi connectivity index (χ4v) is 4.07. The van der Waals surface area contributed by atoms with E-state index < -0.39 is 0 Å². The van der Waals surface area contributed by atoms with Crippen LogP contribution in [0.1, 0.15) is 46.5 Å². The van der Waals surface area contributed by atoms with Crippen molar-refractivity contribution in [2.45, 2.75) is 57.7 Å². The molecule has 1 fully saturated rings. The van der Waals surface area contributed by atoms with Crippen LogP contribution in [0.2, 0.25) is 0 Å². The predicted molar refractivity (Wildman–Crippen MR) is 73.0 cm³/mol. The van der Waals surface area contributed by atoms with Crippen molar-refractivity contribution in [2.24, 2.45) is 5.41 Å². The summed E-state index contributed by atoms with van der Waals surface area (Å²) < 4.78 is 0. The van der Waals surface area contributed by atoms with Gasteiger partial charge in [0.1, 0.15) is 0 Å². The third kappa shape index (κ3) is 3.94. The molecule has 2 nitrogen and oxygen atoms in total. The Morgan fingerprint density at radius 1 is 1.44 bits per heavy atom. The van der Waals surface area contributed by atoms with Gasteiger partial charge in [0.25, 0.3) is 0 Å². The Bertz CT molecular complexity index is 196. The molecule has 0 aliphatic heterocycles. The molecule has 1 rings (SSSR count). The molecule has 0 aromatic heterocycles. The number of hydrogen-bond acceptors (Lipinski definition) is 3. The second-order valence-corrected chi connectivity index (χ2v) is 6.79. The van der Waals surface area contributed by atoms with Crippen LogP contribution < -0.4 is 5.32 Å². The molecule has 2 atom stereocenters. The van der Waals surface area contributed by atoms with E-state index in [-0.39, 0.29) is 0 Å². The SMILES string of the molecule is CCCNC1C(SCCCO)CCC1(C)C. The minimum absolute atomic E-state index is 0.330. The summed E-state index contributed by atoms with van der Waals surface area (Å²) >= 11 is 2.05. The van der Waals surface area contributed by atoms with Gasteiger partial charge in [0.05, 0.1) is 0 Å². The molecule has 3 heteroatoms. The van der Waals surface area contributed by atoms with Crippen molar-refractivity contribution in [3.05, 3.63) is 0 Å². The maximum atomic E-state index is 8.82. The Labute approximate surface area is 105 Å². The van der Waals surface area contributed by atoms with Gasteiger partial charge >= 0.3 is 0 Å². The third-order valence-corrected chi connectivity index (χ3v) is 5.00. The quantitative estimate of drug-likeness (QED) is 0.676. The Morgan fingerprint density at radius 2 is 2.19 bits per heavy atom. The van der Waals surface area contributed by atoms with Gasteiger partial charge < -0.3 is 10.4 Å². The molecular formula is C13H27NOS. The number of rotatable bonds is 7. The topological polar surface area (TPSA) is 32.3 Å². The van der Waals surface area contributed by atoms with Crippen molar-refractivity contribution in [1.29, 1.82) is 0 Å². The average Bonchev–Trinajstić information content (AvgIpc) is 2.52. The fourth-order valence-electron chi connectivity index (χ4n) is 2.53. The summed E-state index contributed by atoms with van der Waals surface area (Å²) in [6.07, 6.45) is 4.79. The monoisotopic (exact) mass is 245 g/mol. The van der Waals surface area contributed by atoms with E-state index in [1.165, 1.54) is 19.3 Å². The molecule has 0 heterocycles. The zero-order chi connectivity index (χ0) is 12.0. The largest absolute Gasteiger partial charge is 0.396 e. The van der Waals surface area contributed by atoms with Gasteiger partial charge in [0, 0.05) is 17.9 Å². The lowest BCUT2D eigenvalue weighted by molar-refractivity contribution is 0.286. The summed E-state index contributed by atoms with van der Waals surface area (Å²) in [6, 6.07) is 0.649. The number of thioether (sulfide) groups is 1. The van der Waals surface area contributed by atoms with E-state index in [2.05, 4.69) is 26.1 Å². The molecular weight excluding hydrogens is 218 g/mol. The van der Waals surface area contributed by atoms with Gasteiger partial charge in [0.2, 0.25) is 0 Å². The molecule has 16 heavy (non-hydrogen) atoms. The minimum Gasteiger partial charge on any atom is -0.396 e. The van der Waals surface area contributed by atoms with Gasteiger partial charge in [-0.05, 0) is 43.4 Å². The van der Waals surface area contributed by atoms with Gasteiger partial charge in [-0.1, -0.05) is 20.8 Å². The van der Waals surface area contributed by atoms with Crippen LogP contribution >= 0.6 is 11.8 Å². The van der Waals surface area contributed by atoms with Crippen LogP contribution in [0.4, 0.5) is 0 Å². The van der Waals surface area contributed by atoms with Crippen LogP contribution in [0.25, 0.3) is 0 Å². The predicted octanol–water partition coefficient (Wildman–Crippen LogP) is 2.66. The van der Waals surface area contributed by atoms with Crippen LogP contribution in [0.5, 0.6) is 0 Å². The standard InChI is InChI=1S/C13H27NOS/c1-4-8-14-12-11(16-10-5-9-15)6-7-13(12,2)3/h11-12,14-15H,4-10H2,1-3H3. The van der Waals surface area contributed by atoms with Crippen LogP contribution in [-0.2, 0) is 0 Å². The molecule has 0 amide bonds. The molecule has 1 aliphatic carbocycles. The average molecular weight is 245 g/mol. The molecule has 2 unspecified atom stereocenters. The number of nitrogens with one attached hydrogen (secondary N) is 1. The van der Waals surface area contributed by atoms with Gasteiger partial charge in [-0.3, -0.25) is 0 Å². The molecule has 0 saturated heterocycles. The van der Waals surface area contributed by atoms with E-state index in [0.29, 0.717) is 18.1 Å². The second-order valence-electron chi connectivity index (χ2n) is 5.45. The van der Waals surface area contributed by atoms with Gasteiger partial charge in [-0.15, -0.1) is 0 Å². The lowest BCUT2D eigenvalue weighted by Gasteiger charge is -2.31. The maximum absolute atomic E-state index is 8.82. The summed E-state index contributed by atoms with van der Waals surface area (Å²) in [6.45, 7) is 8.45. The Morgan fingerprint density at radius 3 is 2.81 bits per heavy atom. The van der Waals surface area contributed by atoms with Crippen molar-refractivity contribution in [2.75, 3.05) is 18.9 Å². The smallest absolute Gasteiger partial charge is 0.0438 e. The number of aliphatic hydroxyl groups excluding tert-OH is 1. The highest BCUT2D eigenvalue weighted by atomic mass is 32.2. The lowest BCUT2D eigenvalue weighted by Crippen LogP contribution is -2.43. The highest BCUT2D eigenvalue weighted by Gasteiger charge is 2.41. The van der Waals surface area contributed by atoms with Crippen molar-refractivity contribution in [3.63, 3.8) is 0 Å². The first-order valence-corrected chi connectivity index (χ1v) is 7.62. The highest BCUT2D eigenvalue weighted by Crippen LogP contribution is 2.43. The first kappa shape index (κ1) is 14.3. The molecule has 0 spiro atoms. The summed E-state index contributed by atoms with van der Waals surface area (Å²) in [4.78, 5) is 0. The van der Waals surface area contributed by atoms with Crippen LogP contribution in [0.3, 0.4) is 0 Å². The number of hydrogen-bond donors (Lipinski definition) is 2. The van der Waals surface area contributed by atoms with Gasteiger partial charge in [-0.25, -0.2) is 0 Å². The van der Waals surface area contributed by atoms with E-state index in [4.69, 9.17) is 5.11 Å². The zero-order valence-electron chi connectivity index (χ0n) is 11.0.